The normalized spacial score (nSPS) is 12.9. The van der Waals surface area contributed by atoms with Gasteiger partial charge in [0.1, 0.15) is 5.78 Å². The smallest absolute Gasteiger partial charge is 0.133 e. The largest absolute Gasteiger partial charge is 0.300 e. The van der Waals surface area contributed by atoms with Crippen molar-refractivity contribution in [3.05, 3.63) is 48.0 Å². The Kier molecular flexibility index (Phi) is 3.81. The van der Waals surface area contributed by atoms with E-state index >= 15 is 0 Å². The minimum atomic E-state index is 0.121. The Bertz CT molecular complexity index is 549. The molecule has 1 atom stereocenters. The average Bonchev–Trinajstić information content (AvgIpc) is 2.35. The van der Waals surface area contributed by atoms with Gasteiger partial charge in [0, 0.05) is 5.92 Å². The van der Waals surface area contributed by atoms with Crippen molar-refractivity contribution in [1.29, 1.82) is 0 Å². The molecule has 2 aromatic rings. The van der Waals surface area contributed by atoms with Crippen LogP contribution in [0.1, 0.15) is 26.3 Å². The van der Waals surface area contributed by atoms with Crippen LogP contribution in [0.15, 0.2) is 42.5 Å². The number of Topliss-reactive ketones (excluding diaryl/α,β-unsaturated/α-hetero) is 1. The second kappa shape index (κ2) is 5.34. The third-order valence-corrected chi connectivity index (χ3v) is 3.65. The third-order valence-electron chi connectivity index (χ3n) is 3.65. The van der Waals surface area contributed by atoms with Gasteiger partial charge in [-0.1, -0.05) is 56.3 Å². The lowest BCUT2D eigenvalue weighted by atomic mass is 9.85. The van der Waals surface area contributed by atoms with Gasteiger partial charge in [0.15, 0.2) is 0 Å². The molecule has 0 aliphatic heterocycles. The summed E-state index contributed by atoms with van der Waals surface area (Å²) < 4.78 is 0. The predicted molar refractivity (Wildman–Crippen MR) is 76.7 cm³/mol. The standard InChI is InChI=1S/C17H20O/c1-12(2)17(13(3)18)11-15-9-6-8-14-7-4-5-10-16(14)15/h4-10,12,17H,11H2,1-3H3. The Morgan fingerprint density at radius 2 is 1.72 bits per heavy atom. The molecule has 2 aromatic carbocycles. The van der Waals surface area contributed by atoms with Crippen LogP contribution in [0.25, 0.3) is 10.8 Å². The fraction of sp³-hybridized carbons (Fsp3) is 0.353. The van der Waals surface area contributed by atoms with Crippen LogP contribution in [-0.2, 0) is 11.2 Å². The first kappa shape index (κ1) is 12.8. The first-order valence-corrected chi connectivity index (χ1v) is 6.56. The van der Waals surface area contributed by atoms with Gasteiger partial charge in [-0.05, 0) is 35.6 Å². The van der Waals surface area contributed by atoms with E-state index in [-0.39, 0.29) is 11.7 Å². The van der Waals surface area contributed by atoms with E-state index in [0.717, 1.165) is 6.42 Å². The van der Waals surface area contributed by atoms with Crippen LogP contribution in [0.3, 0.4) is 0 Å². The topological polar surface area (TPSA) is 17.1 Å². The molecule has 0 aromatic heterocycles. The van der Waals surface area contributed by atoms with Crippen LogP contribution in [0.5, 0.6) is 0 Å². The van der Waals surface area contributed by atoms with E-state index in [9.17, 15) is 4.79 Å². The fourth-order valence-electron chi connectivity index (χ4n) is 2.56. The van der Waals surface area contributed by atoms with E-state index < -0.39 is 0 Å². The Morgan fingerprint density at radius 1 is 1.06 bits per heavy atom. The molecule has 0 saturated heterocycles. The van der Waals surface area contributed by atoms with Crippen molar-refractivity contribution < 1.29 is 4.79 Å². The van der Waals surface area contributed by atoms with E-state index in [0.29, 0.717) is 5.92 Å². The number of carbonyl (C=O) groups excluding carboxylic acids is 1. The zero-order chi connectivity index (χ0) is 13.1. The molecule has 0 amide bonds. The van der Waals surface area contributed by atoms with Crippen molar-refractivity contribution in [3.8, 4) is 0 Å². The van der Waals surface area contributed by atoms with Crippen molar-refractivity contribution >= 4 is 16.6 Å². The number of hydrogen-bond acceptors (Lipinski definition) is 1. The van der Waals surface area contributed by atoms with Crippen LogP contribution in [0.4, 0.5) is 0 Å². The van der Waals surface area contributed by atoms with Gasteiger partial charge < -0.3 is 0 Å². The average molecular weight is 240 g/mol. The molecule has 0 spiro atoms. The molecule has 2 rings (SSSR count). The van der Waals surface area contributed by atoms with Gasteiger partial charge in [0.25, 0.3) is 0 Å². The first-order chi connectivity index (χ1) is 8.59. The minimum Gasteiger partial charge on any atom is -0.300 e. The molecule has 0 N–H and O–H groups in total. The minimum absolute atomic E-state index is 0.121. The Labute approximate surface area is 109 Å². The van der Waals surface area contributed by atoms with Crippen LogP contribution in [0.2, 0.25) is 0 Å². The lowest BCUT2D eigenvalue weighted by Crippen LogP contribution is -2.20. The van der Waals surface area contributed by atoms with E-state index in [4.69, 9.17) is 0 Å². The maximum absolute atomic E-state index is 11.7. The maximum atomic E-state index is 11.7. The molecule has 94 valence electrons. The Hall–Kier alpha value is -1.63. The zero-order valence-electron chi connectivity index (χ0n) is 11.3. The monoisotopic (exact) mass is 240 g/mol. The van der Waals surface area contributed by atoms with Crippen molar-refractivity contribution in [3.63, 3.8) is 0 Å². The van der Waals surface area contributed by atoms with Crippen molar-refractivity contribution in [1.82, 2.24) is 0 Å². The fourth-order valence-corrected chi connectivity index (χ4v) is 2.56. The van der Waals surface area contributed by atoms with Gasteiger partial charge >= 0.3 is 0 Å². The molecule has 1 unspecified atom stereocenters. The summed E-state index contributed by atoms with van der Waals surface area (Å²) in [6.45, 7) is 5.95. The quantitative estimate of drug-likeness (QED) is 0.781. The van der Waals surface area contributed by atoms with E-state index in [1.165, 1.54) is 16.3 Å². The summed E-state index contributed by atoms with van der Waals surface area (Å²) in [5, 5.41) is 2.52. The second-order valence-electron chi connectivity index (χ2n) is 5.30. The van der Waals surface area contributed by atoms with Crippen LogP contribution >= 0.6 is 0 Å². The van der Waals surface area contributed by atoms with Crippen molar-refractivity contribution in [2.75, 3.05) is 0 Å². The van der Waals surface area contributed by atoms with Gasteiger partial charge in [0.05, 0.1) is 0 Å². The van der Waals surface area contributed by atoms with Gasteiger partial charge in [0.2, 0.25) is 0 Å². The highest BCUT2D eigenvalue weighted by Gasteiger charge is 2.19. The van der Waals surface area contributed by atoms with Gasteiger partial charge in [-0.25, -0.2) is 0 Å². The van der Waals surface area contributed by atoms with Crippen molar-refractivity contribution in [2.24, 2.45) is 11.8 Å². The molecule has 0 heterocycles. The predicted octanol–water partition coefficient (Wildman–Crippen LogP) is 4.24. The molecule has 0 aliphatic carbocycles. The van der Waals surface area contributed by atoms with Crippen LogP contribution < -0.4 is 0 Å². The number of ketones is 1. The molecular formula is C17H20O. The number of benzene rings is 2. The summed E-state index contributed by atoms with van der Waals surface area (Å²) in [6, 6.07) is 14.7. The first-order valence-electron chi connectivity index (χ1n) is 6.56. The summed E-state index contributed by atoms with van der Waals surface area (Å²) in [5.41, 5.74) is 1.28. The van der Waals surface area contributed by atoms with E-state index in [1.54, 1.807) is 6.92 Å². The highest BCUT2D eigenvalue weighted by atomic mass is 16.1. The molecule has 1 heteroatoms. The number of hydrogen-bond donors (Lipinski definition) is 0. The lowest BCUT2D eigenvalue weighted by molar-refractivity contribution is -0.121. The number of rotatable bonds is 4. The molecular weight excluding hydrogens is 220 g/mol. The summed E-state index contributed by atoms with van der Waals surface area (Å²) in [7, 11) is 0. The van der Waals surface area contributed by atoms with Crippen molar-refractivity contribution in [2.45, 2.75) is 27.2 Å². The Balaban J connectivity index is 2.39. The SMILES string of the molecule is CC(=O)C(Cc1cccc2ccccc12)C(C)C. The zero-order valence-corrected chi connectivity index (χ0v) is 11.3. The van der Waals surface area contributed by atoms with Crippen LogP contribution in [0, 0.1) is 11.8 Å². The summed E-state index contributed by atoms with van der Waals surface area (Å²) in [5.74, 6) is 0.801. The Morgan fingerprint density at radius 3 is 2.39 bits per heavy atom. The maximum Gasteiger partial charge on any atom is 0.133 e. The molecule has 0 aliphatic rings. The van der Waals surface area contributed by atoms with E-state index in [2.05, 4.69) is 56.3 Å². The van der Waals surface area contributed by atoms with Crippen LogP contribution in [-0.4, -0.2) is 5.78 Å². The molecule has 0 bridgehead atoms. The highest BCUT2D eigenvalue weighted by Crippen LogP contribution is 2.24. The molecule has 0 radical (unpaired) electrons. The van der Waals surface area contributed by atoms with Gasteiger partial charge in [-0.2, -0.15) is 0 Å². The van der Waals surface area contributed by atoms with Gasteiger partial charge in [-0.15, -0.1) is 0 Å². The number of carbonyl (C=O) groups is 1. The molecule has 0 saturated carbocycles. The molecule has 0 fully saturated rings. The lowest BCUT2D eigenvalue weighted by Gasteiger charge is -2.18. The molecule has 18 heavy (non-hydrogen) atoms. The molecule has 1 nitrogen and oxygen atoms in total. The summed E-state index contributed by atoms with van der Waals surface area (Å²) in [4.78, 5) is 11.7. The highest BCUT2D eigenvalue weighted by molar-refractivity contribution is 5.86. The summed E-state index contributed by atoms with van der Waals surface area (Å²) >= 11 is 0. The number of fused-ring (bicyclic) bond motifs is 1. The van der Waals surface area contributed by atoms with E-state index in [1.807, 2.05) is 0 Å². The summed E-state index contributed by atoms with van der Waals surface area (Å²) in [6.07, 6.45) is 0.842. The van der Waals surface area contributed by atoms with Gasteiger partial charge in [-0.3, -0.25) is 4.79 Å². The third kappa shape index (κ3) is 2.61. The second-order valence-corrected chi connectivity index (χ2v) is 5.30.